The van der Waals surface area contributed by atoms with Crippen LogP contribution in [0.5, 0.6) is 0 Å². The Morgan fingerprint density at radius 3 is 2.70 bits per heavy atom. The van der Waals surface area contributed by atoms with Crippen LogP contribution in [-0.2, 0) is 9.59 Å². The number of pyridine rings is 1. The molecule has 1 aromatic carbocycles. The first-order valence-corrected chi connectivity index (χ1v) is 10.6. The lowest BCUT2D eigenvalue weighted by molar-refractivity contribution is -0.136. The van der Waals surface area contributed by atoms with Crippen LogP contribution in [-0.4, -0.2) is 50.9 Å². The predicted octanol–water partition coefficient (Wildman–Crippen LogP) is 3.14. The van der Waals surface area contributed by atoms with Crippen molar-refractivity contribution >= 4 is 34.7 Å². The number of amides is 2. The maximum Gasteiger partial charge on any atom is 0.228 e. The molecule has 3 aromatic rings. The van der Waals surface area contributed by atoms with E-state index in [0.29, 0.717) is 24.7 Å². The van der Waals surface area contributed by atoms with Crippen molar-refractivity contribution in [1.82, 2.24) is 19.5 Å². The molecule has 2 aliphatic rings. The number of aromatic nitrogens is 3. The Hall–Kier alpha value is -2.93. The van der Waals surface area contributed by atoms with E-state index in [2.05, 4.69) is 10.2 Å². The van der Waals surface area contributed by atoms with E-state index in [4.69, 9.17) is 11.6 Å². The molecule has 0 spiro atoms. The summed E-state index contributed by atoms with van der Waals surface area (Å²) in [5.41, 5.74) is 1.59. The van der Waals surface area contributed by atoms with E-state index in [1.165, 1.54) is 0 Å². The predicted molar refractivity (Wildman–Crippen MR) is 113 cm³/mol. The van der Waals surface area contributed by atoms with Gasteiger partial charge >= 0.3 is 0 Å². The molecule has 0 saturated carbocycles. The second kappa shape index (κ2) is 7.72. The molecule has 2 aromatic heterocycles. The summed E-state index contributed by atoms with van der Waals surface area (Å²) in [5.74, 6) is 0.973. The highest BCUT2D eigenvalue weighted by molar-refractivity contribution is 6.31. The quantitative estimate of drug-likeness (QED) is 0.648. The molecule has 2 fully saturated rings. The fourth-order valence-corrected chi connectivity index (χ4v) is 4.71. The van der Waals surface area contributed by atoms with Gasteiger partial charge in [-0.1, -0.05) is 23.7 Å². The van der Waals surface area contributed by atoms with Crippen molar-refractivity contribution in [2.75, 3.05) is 24.5 Å². The molecule has 0 N–H and O–H groups in total. The van der Waals surface area contributed by atoms with Gasteiger partial charge < -0.3 is 9.80 Å². The summed E-state index contributed by atoms with van der Waals surface area (Å²) in [7, 11) is 0. The normalized spacial score (nSPS) is 20.3. The molecule has 8 heteroatoms. The minimum atomic E-state index is -0.304. The largest absolute Gasteiger partial charge is 0.342 e. The van der Waals surface area contributed by atoms with Gasteiger partial charge in [-0.15, -0.1) is 10.2 Å². The van der Waals surface area contributed by atoms with Crippen molar-refractivity contribution in [3.8, 4) is 0 Å². The number of piperidine rings is 1. The number of carbonyl (C=O) groups is 2. The number of likely N-dealkylation sites (tertiary alicyclic amines) is 1. The lowest BCUT2D eigenvalue weighted by atomic mass is 9.94. The van der Waals surface area contributed by atoms with Crippen molar-refractivity contribution in [3.63, 3.8) is 0 Å². The van der Waals surface area contributed by atoms with Crippen molar-refractivity contribution in [2.45, 2.75) is 25.2 Å². The van der Waals surface area contributed by atoms with Crippen LogP contribution < -0.4 is 4.90 Å². The van der Waals surface area contributed by atoms with E-state index in [1.54, 1.807) is 17.0 Å². The van der Waals surface area contributed by atoms with Crippen LogP contribution in [0.1, 0.15) is 31.0 Å². The van der Waals surface area contributed by atoms with Gasteiger partial charge in [0.25, 0.3) is 0 Å². The Bertz CT molecular complexity index is 1110. The molecule has 30 heavy (non-hydrogen) atoms. The highest BCUT2D eigenvalue weighted by Gasteiger charge is 2.38. The van der Waals surface area contributed by atoms with E-state index >= 15 is 0 Å². The number of hydrogen-bond donors (Lipinski definition) is 0. The third-order valence-electron chi connectivity index (χ3n) is 6.11. The van der Waals surface area contributed by atoms with Gasteiger partial charge in [0.1, 0.15) is 5.82 Å². The average Bonchev–Trinajstić information content (AvgIpc) is 3.37. The molecule has 4 heterocycles. The van der Waals surface area contributed by atoms with Gasteiger partial charge in [-0.25, -0.2) is 0 Å². The Morgan fingerprint density at radius 2 is 1.90 bits per heavy atom. The zero-order valence-electron chi connectivity index (χ0n) is 16.4. The van der Waals surface area contributed by atoms with Crippen LogP contribution in [0, 0.1) is 5.92 Å². The van der Waals surface area contributed by atoms with E-state index in [1.807, 2.05) is 45.8 Å². The number of halogens is 1. The van der Waals surface area contributed by atoms with Gasteiger partial charge in [-0.3, -0.25) is 14.0 Å². The van der Waals surface area contributed by atoms with Crippen molar-refractivity contribution in [3.05, 3.63) is 59.5 Å². The lowest BCUT2D eigenvalue weighted by Gasteiger charge is -2.32. The highest BCUT2D eigenvalue weighted by Crippen LogP contribution is 2.31. The minimum absolute atomic E-state index is 0.0274. The lowest BCUT2D eigenvalue weighted by Crippen LogP contribution is -2.42. The molecule has 154 valence electrons. The monoisotopic (exact) mass is 423 g/mol. The summed E-state index contributed by atoms with van der Waals surface area (Å²) in [6, 6.07) is 13.1. The van der Waals surface area contributed by atoms with Gasteiger partial charge in [-0.2, -0.15) is 0 Å². The van der Waals surface area contributed by atoms with Gasteiger partial charge in [0, 0.05) is 48.9 Å². The van der Waals surface area contributed by atoms with Gasteiger partial charge in [0.2, 0.25) is 11.8 Å². The molecular formula is C22H22ClN5O2. The molecule has 1 unspecified atom stereocenters. The van der Waals surface area contributed by atoms with E-state index in [9.17, 15) is 9.59 Å². The van der Waals surface area contributed by atoms with E-state index in [-0.39, 0.29) is 30.1 Å². The average molecular weight is 424 g/mol. The van der Waals surface area contributed by atoms with Crippen LogP contribution in [0.25, 0.3) is 5.65 Å². The summed E-state index contributed by atoms with van der Waals surface area (Å²) in [4.78, 5) is 29.2. The SMILES string of the molecule is O=C(C1CC(=O)N(c2cccc(Cl)c2)C1)N1CCC(c2nnc3ccccn23)CC1. The van der Waals surface area contributed by atoms with Crippen LogP contribution in [0.3, 0.4) is 0 Å². The van der Waals surface area contributed by atoms with Gasteiger partial charge in [-0.05, 0) is 43.2 Å². The maximum atomic E-state index is 13.1. The zero-order chi connectivity index (χ0) is 20.7. The molecule has 7 nitrogen and oxygen atoms in total. The Balaban J connectivity index is 1.23. The molecule has 1 atom stereocenters. The third kappa shape index (κ3) is 3.43. The van der Waals surface area contributed by atoms with Crippen LogP contribution in [0.4, 0.5) is 5.69 Å². The van der Waals surface area contributed by atoms with Gasteiger partial charge in [0.05, 0.1) is 5.92 Å². The van der Waals surface area contributed by atoms with E-state index < -0.39 is 0 Å². The molecule has 0 aliphatic carbocycles. The number of rotatable bonds is 3. The zero-order valence-corrected chi connectivity index (χ0v) is 17.2. The minimum Gasteiger partial charge on any atom is -0.342 e. The topological polar surface area (TPSA) is 70.8 Å². The van der Waals surface area contributed by atoms with E-state index in [0.717, 1.165) is 30.0 Å². The van der Waals surface area contributed by atoms with Crippen molar-refractivity contribution in [1.29, 1.82) is 0 Å². The van der Waals surface area contributed by atoms with Gasteiger partial charge in [0.15, 0.2) is 5.65 Å². The molecule has 0 bridgehead atoms. The first-order valence-electron chi connectivity index (χ1n) is 10.2. The Labute approximate surface area is 179 Å². The fraction of sp³-hybridized carbons (Fsp3) is 0.364. The Morgan fingerprint density at radius 1 is 1.07 bits per heavy atom. The number of nitrogens with zero attached hydrogens (tertiary/aromatic N) is 5. The molecule has 0 radical (unpaired) electrons. The number of carbonyl (C=O) groups excluding carboxylic acids is 2. The first-order chi connectivity index (χ1) is 14.6. The fourth-order valence-electron chi connectivity index (χ4n) is 4.52. The van der Waals surface area contributed by atoms with Crippen LogP contribution in [0.2, 0.25) is 5.02 Å². The summed E-state index contributed by atoms with van der Waals surface area (Å²) in [6.45, 7) is 1.76. The molecule has 2 amide bonds. The summed E-state index contributed by atoms with van der Waals surface area (Å²) >= 11 is 6.06. The number of benzene rings is 1. The molecule has 5 rings (SSSR count). The molecule has 2 saturated heterocycles. The molecular weight excluding hydrogens is 402 g/mol. The summed E-state index contributed by atoms with van der Waals surface area (Å²) in [5, 5.41) is 9.20. The van der Waals surface area contributed by atoms with Crippen molar-refractivity contribution in [2.24, 2.45) is 5.92 Å². The number of anilines is 1. The summed E-state index contributed by atoms with van der Waals surface area (Å²) in [6.07, 6.45) is 3.93. The Kier molecular flexibility index (Phi) is 4.90. The standard InChI is InChI=1S/C22H22ClN5O2/c23-17-4-3-5-18(13-17)28-14-16(12-20(28)29)22(30)26-10-7-15(8-11-26)21-25-24-19-6-1-2-9-27(19)21/h1-6,9,13,15-16H,7-8,10-12,14H2. The number of fused-ring (bicyclic) bond motifs is 1. The first kappa shape index (κ1) is 19.1. The summed E-state index contributed by atoms with van der Waals surface area (Å²) < 4.78 is 2.03. The second-order valence-corrected chi connectivity index (χ2v) is 8.41. The highest BCUT2D eigenvalue weighted by atomic mass is 35.5. The van der Waals surface area contributed by atoms with Crippen LogP contribution in [0.15, 0.2) is 48.7 Å². The number of hydrogen-bond acceptors (Lipinski definition) is 4. The smallest absolute Gasteiger partial charge is 0.228 e. The molecule has 2 aliphatic heterocycles. The maximum absolute atomic E-state index is 13.1. The third-order valence-corrected chi connectivity index (χ3v) is 6.34. The second-order valence-electron chi connectivity index (χ2n) is 7.97. The van der Waals surface area contributed by atoms with Crippen molar-refractivity contribution < 1.29 is 9.59 Å². The van der Waals surface area contributed by atoms with Crippen LogP contribution >= 0.6 is 11.6 Å².